The van der Waals surface area contributed by atoms with Gasteiger partial charge < -0.3 is 0 Å². The van der Waals surface area contributed by atoms with Crippen molar-refractivity contribution in [2.24, 2.45) is 17.8 Å². The molecule has 3 heteroatoms. The maximum Gasteiger partial charge on any atom is 0.389 e. The molecule has 80 valence electrons. The number of hydrogen-bond donors (Lipinski definition) is 0. The zero-order valence-electron chi connectivity index (χ0n) is 8.78. The van der Waals surface area contributed by atoms with Gasteiger partial charge in [0.2, 0.25) is 0 Å². The minimum absolute atomic E-state index is 0.115. The van der Waals surface area contributed by atoms with Gasteiger partial charge in [-0.05, 0) is 24.2 Å². The van der Waals surface area contributed by atoms with Crippen LogP contribution in [0.1, 0.15) is 40.5 Å². The Kier molecular flexibility index (Phi) is 4.79. The average Bonchev–Trinajstić information content (AvgIpc) is 1.81. The zero-order valence-corrected chi connectivity index (χ0v) is 8.78. The standard InChI is InChI=1S/C10H19F3/c1-7(2)5-9(8(3)4)6-10(11,12)13/h7-9H,5-6H2,1-4H3. The maximum atomic E-state index is 12.1. The van der Waals surface area contributed by atoms with Crippen LogP contribution in [0.4, 0.5) is 13.2 Å². The molecule has 0 aromatic rings. The Hall–Kier alpha value is -0.210. The Morgan fingerprint density at radius 2 is 1.46 bits per heavy atom. The summed E-state index contributed by atoms with van der Waals surface area (Å²) in [6.45, 7) is 7.65. The van der Waals surface area contributed by atoms with Crippen LogP contribution in [-0.2, 0) is 0 Å². The Bertz CT molecular complexity index is 136. The lowest BCUT2D eigenvalue weighted by molar-refractivity contribution is -0.148. The van der Waals surface area contributed by atoms with E-state index in [4.69, 9.17) is 0 Å². The summed E-state index contributed by atoms with van der Waals surface area (Å²) in [7, 11) is 0. The van der Waals surface area contributed by atoms with E-state index in [1.54, 1.807) is 0 Å². The molecule has 0 aliphatic rings. The Morgan fingerprint density at radius 1 is 1.00 bits per heavy atom. The van der Waals surface area contributed by atoms with Gasteiger partial charge in [-0.2, -0.15) is 13.2 Å². The van der Waals surface area contributed by atoms with Crippen molar-refractivity contribution in [3.05, 3.63) is 0 Å². The fraction of sp³-hybridized carbons (Fsp3) is 1.00. The molecule has 1 atom stereocenters. The number of rotatable bonds is 4. The van der Waals surface area contributed by atoms with Crippen LogP contribution in [0.2, 0.25) is 0 Å². The summed E-state index contributed by atoms with van der Waals surface area (Å²) < 4.78 is 36.3. The molecular weight excluding hydrogens is 177 g/mol. The summed E-state index contributed by atoms with van der Waals surface area (Å²) in [5.74, 6) is 0.235. The summed E-state index contributed by atoms with van der Waals surface area (Å²) in [5, 5.41) is 0. The first-order chi connectivity index (χ1) is 5.72. The minimum atomic E-state index is -4.01. The molecule has 0 N–H and O–H groups in total. The second-order valence-electron chi connectivity index (χ2n) is 4.45. The summed E-state index contributed by atoms with van der Waals surface area (Å²) in [4.78, 5) is 0. The lowest BCUT2D eigenvalue weighted by atomic mass is 9.85. The number of hydrogen-bond acceptors (Lipinski definition) is 0. The minimum Gasteiger partial charge on any atom is -0.171 e. The highest BCUT2D eigenvalue weighted by molar-refractivity contribution is 4.68. The second-order valence-corrected chi connectivity index (χ2v) is 4.45. The van der Waals surface area contributed by atoms with Crippen molar-refractivity contribution >= 4 is 0 Å². The van der Waals surface area contributed by atoms with E-state index in [1.807, 2.05) is 27.7 Å². The highest BCUT2D eigenvalue weighted by Gasteiger charge is 2.33. The van der Waals surface area contributed by atoms with Crippen LogP contribution in [-0.4, -0.2) is 6.18 Å². The zero-order chi connectivity index (χ0) is 10.6. The van der Waals surface area contributed by atoms with Gasteiger partial charge in [-0.25, -0.2) is 0 Å². The van der Waals surface area contributed by atoms with Crippen LogP contribution in [0.15, 0.2) is 0 Å². The van der Waals surface area contributed by atoms with Crippen molar-refractivity contribution in [3.63, 3.8) is 0 Å². The van der Waals surface area contributed by atoms with Crippen molar-refractivity contribution < 1.29 is 13.2 Å². The molecule has 0 saturated heterocycles. The van der Waals surface area contributed by atoms with Crippen molar-refractivity contribution in [3.8, 4) is 0 Å². The van der Waals surface area contributed by atoms with E-state index in [2.05, 4.69) is 0 Å². The first-order valence-electron chi connectivity index (χ1n) is 4.79. The highest BCUT2D eigenvalue weighted by Crippen LogP contribution is 2.32. The van der Waals surface area contributed by atoms with Gasteiger partial charge in [0, 0.05) is 6.42 Å². The average molecular weight is 196 g/mol. The van der Waals surface area contributed by atoms with Crippen molar-refractivity contribution in [1.29, 1.82) is 0 Å². The number of alkyl halides is 3. The van der Waals surface area contributed by atoms with E-state index in [0.717, 1.165) is 0 Å². The Labute approximate surface area is 78.5 Å². The molecule has 13 heavy (non-hydrogen) atoms. The molecule has 0 aliphatic carbocycles. The topological polar surface area (TPSA) is 0 Å². The molecule has 0 aliphatic heterocycles. The molecule has 0 aromatic carbocycles. The van der Waals surface area contributed by atoms with Gasteiger partial charge in [0.15, 0.2) is 0 Å². The highest BCUT2D eigenvalue weighted by atomic mass is 19.4. The molecule has 0 nitrogen and oxygen atoms in total. The predicted molar refractivity (Wildman–Crippen MR) is 48.5 cm³/mol. The summed E-state index contributed by atoms with van der Waals surface area (Å²) >= 11 is 0. The van der Waals surface area contributed by atoms with Crippen LogP contribution in [0.3, 0.4) is 0 Å². The smallest absolute Gasteiger partial charge is 0.171 e. The number of halogens is 3. The maximum absolute atomic E-state index is 12.1. The molecule has 1 unspecified atom stereocenters. The third-order valence-corrected chi connectivity index (χ3v) is 2.21. The van der Waals surface area contributed by atoms with Crippen LogP contribution in [0, 0.1) is 17.8 Å². The van der Waals surface area contributed by atoms with Gasteiger partial charge in [-0.3, -0.25) is 0 Å². The lowest BCUT2D eigenvalue weighted by Crippen LogP contribution is -2.20. The van der Waals surface area contributed by atoms with Crippen LogP contribution in [0.5, 0.6) is 0 Å². The van der Waals surface area contributed by atoms with Gasteiger partial charge in [-0.15, -0.1) is 0 Å². The summed E-state index contributed by atoms with van der Waals surface area (Å²) in [5.41, 5.74) is 0. The third-order valence-electron chi connectivity index (χ3n) is 2.21. The molecule has 0 saturated carbocycles. The predicted octanol–water partition coefficient (Wildman–Crippen LogP) is 4.26. The monoisotopic (exact) mass is 196 g/mol. The fourth-order valence-corrected chi connectivity index (χ4v) is 1.49. The van der Waals surface area contributed by atoms with E-state index < -0.39 is 12.6 Å². The van der Waals surface area contributed by atoms with Crippen LogP contribution in [0.25, 0.3) is 0 Å². The quantitative estimate of drug-likeness (QED) is 0.630. The van der Waals surface area contributed by atoms with E-state index in [-0.39, 0.29) is 11.8 Å². The normalized spacial score (nSPS) is 15.5. The largest absolute Gasteiger partial charge is 0.389 e. The molecular formula is C10H19F3. The molecule has 0 spiro atoms. The van der Waals surface area contributed by atoms with E-state index in [9.17, 15) is 13.2 Å². The SMILES string of the molecule is CC(C)CC(CC(F)(F)F)C(C)C. The van der Waals surface area contributed by atoms with Gasteiger partial charge in [0.1, 0.15) is 0 Å². The molecule has 0 amide bonds. The molecule has 0 rings (SSSR count). The Balaban J connectivity index is 4.11. The third kappa shape index (κ3) is 6.91. The first-order valence-corrected chi connectivity index (χ1v) is 4.79. The van der Waals surface area contributed by atoms with Crippen LogP contribution < -0.4 is 0 Å². The summed E-state index contributed by atoms with van der Waals surface area (Å²) in [6.07, 6.45) is -3.98. The molecule has 0 heterocycles. The molecule has 0 fully saturated rings. The van der Waals surface area contributed by atoms with Gasteiger partial charge >= 0.3 is 6.18 Å². The van der Waals surface area contributed by atoms with Crippen LogP contribution >= 0.6 is 0 Å². The van der Waals surface area contributed by atoms with Gasteiger partial charge in [0.25, 0.3) is 0 Å². The second kappa shape index (κ2) is 4.87. The van der Waals surface area contributed by atoms with Crippen molar-refractivity contribution in [1.82, 2.24) is 0 Å². The molecule has 0 aromatic heterocycles. The van der Waals surface area contributed by atoms with E-state index in [1.165, 1.54) is 0 Å². The fourth-order valence-electron chi connectivity index (χ4n) is 1.49. The van der Waals surface area contributed by atoms with E-state index >= 15 is 0 Å². The van der Waals surface area contributed by atoms with Crippen molar-refractivity contribution in [2.45, 2.75) is 46.7 Å². The van der Waals surface area contributed by atoms with Gasteiger partial charge in [-0.1, -0.05) is 27.7 Å². The summed E-state index contributed by atoms with van der Waals surface area (Å²) in [6, 6.07) is 0. The van der Waals surface area contributed by atoms with Gasteiger partial charge in [0.05, 0.1) is 0 Å². The molecule has 0 bridgehead atoms. The first kappa shape index (κ1) is 12.8. The van der Waals surface area contributed by atoms with Crippen molar-refractivity contribution in [2.75, 3.05) is 0 Å². The Morgan fingerprint density at radius 3 is 1.69 bits per heavy atom. The lowest BCUT2D eigenvalue weighted by Gasteiger charge is -2.23. The molecule has 0 radical (unpaired) electrons. The van der Waals surface area contributed by atoms with E-state index in [0.29, 0.717) is 12.3 Å².